The van der Waals surface area contributed by atoms with Crippen LogP contribution < -0.4 is 10.6 Å². The highest BCUT2D eigenvalue weighted by atomic mass is 32.1. The lowest BCUT2D eigenvalue weighted by Gasteiger charge is -2.10. The SMILES string of the molecule is CCNC(=NCc1csc(C(C)C)n1)NCc1sc(C)nc1C. The molecule has 5 nitrogen and oxygen atoms in total. The summed E-state index contributed by atoms with van der Waals surface area (Å²) in [6.07, 6.45) is 0. The minimum absolute atomic E-state index is 0.474. The van der Waals surface area contributed by atoms with Crippen LogP contribution >= 0.6 is 22.7 Å². The molecule has 0 bridgehead atoms. The molecule has 0 aromatic carbocycles. The lowest BCUT2D eigenvalue weighted by atomic mass is 10.2. The summed E-state index contributed by atoms with van der Waals surface area (Å²) in [5.74, 6) is 1.29. The van der Waals surface area contributed by atoms with E-state index < -0.39 is 0 Å². The van der Waals surface area contributed by atoms with E-state index in [2.05, 4.69) is 51.7 Å². The summed E-state index contributed by atoms with van der Waals surface area (Å²) < 4.78 is 0. The predicted octanol–water partition coefficient (Wildman–Crippen LogP) is 3.60. The minimum atomic E-state index is 0.474. The highest BCUT2D eigenvalue weighted by Crippen LogP contribution is 2.19. The van der Waals surface area contributed by atoms with Gasteiger partial charge in [0.05, 0.1) is 34.5 Å². The van der Waals surface area contributed by atoms with Gasteiger partial charge in [-0.25, -0.2) is 15.0 Å². The molecule has 2 aromatic rings. The number of nitrogens with zero attached hydrogens (tertiary/aromatic N) is 3. The highest BCUT2D eigenvalue weighted by molar-refractivity contribution is 7.11. The molecule has 0 spiro atoms. The third-order valence-electron chi connectivity index (χ3n) is 3.22. The number of hydrogen-bond acceptors (Lipinski definition) is 5. The summed E-state index contributed by atoms with van der Waals surface area (Å²) in [5, 5.41) is 11.0. The number of guanidine groups is 1. The predicted molar refractivity (Wildman–Crippen MR) is 99.4 cm³/mol. The summed E-state index contributed by atoms with van der Waals surface area (Å²) in [6.45, 7) is 12.7. The van der Waals surface area contributed by atoms with E-state index in [1.807, 2.05) is 13.8 Å². The average molecular weight is 352 g/mol. The lowest BCUT2D eigenvalue weighted by molar-refractivity contribution is 0.807. The molecular formula is C16H25N5S2. The van der Waals surface area contributed by atoms with Crippen LogP contribution in [0.4, 0.5) is 0 Å². The Hall–Kier alpha value is -1.47. The molecule has 0 aliphatic carbocycles. The average Bonchev–Trinajstić information content (AvgIpc) is 3.08. The zero-order chi connectivity index (χ0) is 16.8. The van der Waals surface area contributed by atoms with Gasteiger partial charge in [-0.05, 0) is 20.8 Å². The summed E-state index contributed by atoms with van der Waals surface area (Å²) in [6, 6.07) is 0. The molecule has 126 valence electrons. The van der Waals surface area contributed by atoms with Crippen LogP contribution in [0.1, 0.15) is 53.0 Å². The number of aliphatic imine (C=N–C) groups is 1. The quantitative estimate of drug-likeness (QED) is 0.617. The van der Waals surface area contributed by atoms with Crippen LogP contribution in [-0.4, -0.2) is 22.5 Å². The number of nitrogens with one attached hydrogen (secondary N) is 2. The number of aromatic nitrogens is 2. The van der Waals surface area contributed by atoms with E-state index in [9.17, 15) is 0 Å². The first kappa shape index (κ1) is 17.9. The summed E-state index contributed by atoms with van der Waals surface area (Å²) >= 11 is 3.44. The Morgan fingerprint density at radius 3 is 2.61 bits per heavy atom. The van der Waals surface area contributed by atoms with Crippen LogP contribution in [0.3, 0.4) is 0 Å². The third kappa shape index (κ3) is 5.28. The number of thiazole rings is 2. The van der Waals surface area contributed by atoms with Gasteiger partial charge >= 0.3 is 0 Å². The van der Waals surface area contributed by atoms with Gasteiger partial charge in [-0.3, -0.25) is 0 Å². The van der Waals surface area contributed by atoms with E-state index in [1.165, 1.54) is 9.88 Å². The van der Waals surface area contributed by atoms with E-state index in [0.717, 1.165) is 35.4 Å². The first-order valence-corrected chi connectivity index (χ1v) is 9.58. The topological polar surface area (TPSA) is 62.2 Å². The maximum Gasteiger partial charge on any atom is 0.191 e. The molecule has 23 heavy (non-hydrogen) atoms. The molecule has 7 heteroatoms. The number of rotatable bonds is 6. The molecule has 2 aromatic heterocycles. The van der Waals surface area contributed by atoms with Gasteiger partial charge in [0, 0.05) is 22.7 Å². The number of aryl methyl sites for hydroxylation is 2. The Labute approximate surface area is 146 Å². The van der Waals surface area contributed by atoms with Gasteiger partial charge in [0.2, 0.25) is 0 Å². The molecule has 0 atom stereocenters. The highest BCUT2D eigenvalue weighted by Gasteiger charge is 2.07. The molecule has 0 saturated heterocycles. The summed E-state index contributed by atoms with van der Waals surface area (Å²) in [5.41, 5.74) is 2.12. The maximum absolute atomic E-state index is 4.63. The molecule has 0 unspecified atom stereocenters. The van der Waals surface area contributed by atoms with E-state index in [0.29, 0.717) is 12.5 Å². The van der Waals surface area contributed by atoms with Crippen LogP contribution in [0, 0.1) is 13.8 Å². The van der Waals surface area contributed by atoms with Crippen molar-refractivity contribution in [2.45, 2.75) is 53.6 Å². The lowest BCUT2D eigenvalue weighted by Crippen LogP contribution is -2.36. The van der Waals surface area contributed by atoms with E-state index in [4.69, 9.17) is 0 Å². The van der Waals surface area contributed by atoms with Crippen LogP contribution in [0.15, 0.2) is 10.4 Å². The second-order valence-corrected chi connectivity index (χ2v) is 7.80. The van der Waals surface area contributed by atoms with Crippen LogP contribution in [0.2, 0.25) is 0 Å². The van der Waals surface area contributed by atoms with E-state index >= 15 is 0 Å². The fourth-order valence-electron chi connectivity index (χ4n) is 2.06. The van der Waals surface area contributed by atoms with Crippen molar-refractivity contribution < 1.29 is 0 Å². The zero-order valence-electron chi connectivity index (χ0n) is 14.4. The molecule has 2 heterocycles. The maximum atomic E-state index is 4.63. The second-order valence-electron chi connectivity index (χ2n) is 5.62. The normalized spacial score (nSPS) is 12.0. The zero-order valence-corrected chi connectivity index (χ0v) is 16.1. The summed E-state index contributed by atoms with van der Waals surface area (Å²) in [4.78, 5) is 15.0. The summed E-state index contributed by atoms with van der Waals surface area (Å²) in [7, 11) is 0. The van der Waals surface area contributed by atoms with Crippen molar-refractivity contribution in [2.24, 2.45) is 4.99 Å². The molecule has 2 N–H and O–H groups in total. The molecule has 2 rings (SSSR count). The monoisotopic (exact) mass is 351 g/mol. The Balaban J connectivity index is 1.97. The standard InChI is InChI=1S/C16H25N5S2/c1-6-17-16(19-8-14-11(4)20-12(5)23-14)18-7-13-9-22-15(21-13)10(2)3/h9-10H,6-8H2,1-5H3,(H2,17,18,19). The Bertz CT molecular complexity index is 657. The fourth-order valence-corrected chi connectivity index (χ4v) is 3.77. The van der Waals surface area contributed by atoms with Gasteiger partial charge in [0.25, 0.3) is 0 Å². The Kier molecular flexibility index (Phi) is 6.53. The molecular weight excluding hydrogens is 326 g/mol. The number of hydrogen-bond donors (Lipinski definition) is 2. The Morgan fingerprint density at radius 1 is 1.26 bits per heavy atom. The van der Waals surface area contributed by atoms with E-state index in [-0.39, 0.29) is 0 Å². The molecule has 0 aliphatic heterocycles. The largest absolute Gasteiger partial charge is 0.357 e. The van der Waals surface area contributed by atoms with E-state index in [1.54, 1.807) is 22.7 Å². The third-order valence-corrected chi connectivity index (χ3v) is 5.49. The first-order chi connectivity index (χ1) is 11.0. The van der Waals surface area contributed by atoms with Crippen molar-refractivity contribution in [3.63, 3.8) is 0 Å². The van der Waals surface area contributed by atoms with Gasteiger partial charge in [-0.1, -0.05) is 13.8 Å². The fraction of sp³-hybridized carbons (Fsp3) is 0.562. The van der Waals surface area contributed by atoms with Crippen molar-refractivity contribution in [3.8, 4) is 0 Å². The van der Waals surface area contributed by atoms with Gasteiger partial charge < -0.3 is 10.6 Å². The molecule has 0 aliphatic rings. The van der Waals surface area contributed by atoms with Gasteiger partial charge in [-0.15, -0.1) is 22.7 Å². The van der Waals surface area contributed by atoms with Crippen LogP contribution in [0.25, 0.3) is 0 Å². The van der Waals surface area contributed by atoms with Gasteiger partial charge in [0.1, 0.15) is 0 Å². The molecule has 0 amide bonds. The molecule has 0 radical (unpaired) electrons. The van der Waals surface area contributed by atoms with Crippen molar-refractivity contribution in [3.05, 3.63) is 31.7 Å². The first-order valence-electron chi connectivity index (χ1n) is 7.89. The second kappa shape index (κ2) is 8.40. The smallest absolute Gasteiger partial charge is 0.191 e. The van der Waals surface area contributed by atoms with Crippen molar-refractivity contribution in [1.29, 1.82) is 0 Å². The minimum Gasteiger partial charge on any atom is -0.357 e. The van der Waals surface area contributed by atoms with Gasteiger partial charge in [-0.2, -0.15) is 0 Å². The molecule has 0 saturated carbocycles. The van der Waals surface area contributed by atoms with Crippen molar-refractivity contribution in [1.82, 2.24) is 20.6 Å². The molecule has 0 fully saturated rings. The van der Waals surface area contributed by atoms with Crippen molar-refractivity contribution >= 4 is 28.6 Å². The van der Waals surface area contributed by atoms with Crippen LogP contribution in [0.5, 0.6) is 0 Å². The Morgan fingerprint density at radius 2 is 2.04 bits per heavy atom. The van der Waals surface area contributed by atoms with Gasteiger partial charge in [0.15, 0.2) is 5.96 Å². The van der Waals surface area contributed by atoms with Crippen molar-refractivity contribution in [2.75, 3.05) is 6.54 Å². The van der Waals surface area contributed by atoms with Crippen LogP contribution in [-0.2, 0) is 13.1 Å².